The summed E-state index contributed by atoms with van der Waals surface area (Å²) in [4.78, 5) is 10.1. The van der Waals surface area contributed by atoms with Crippen LogP contribution in [0.2, 0.25) is 0 Å². The van der Waals surface area contributed by atoms with E-state index in [9.17, 15) is 10.1 Å². The lowest BCUT2D eigenvalue weighted by atomic mass is 10.1. The number of hydrogen-bond acceptors (Lipinski definition) is 5. The number of fused-ring (bicyclic) bond motifs is 1. The van der Waals surface area contributed by atoms with Crippen LogP contribution in [-0.2, 0) is 0 Å². The molecule has 16 heavy (non-hydrogen) atoms. The first-order chi connectivity index (χ1) is 7.61. The van der Waals surface area contributed by atoms with Crippen molar-refractivity contribution in [2.24, 2.45) is 0 Å². The predicted molar refractivity (Wildman–Crippen MR) is 57.7 cm³/mol. The Kier molecular flexibility index (Phi) is 2.66. The van der Waals surface area contributed by atoms with Crippen molar-refractivity contribution >= 4 is 11.4 Å². The van der Waals surface area contributed by atoms with Gasteiger partial charge in [-0.05, 0) is 13.0 Å². The van der Waals surface area contributed by atoms with Crippen LogP contribution in [0, 0.1) is 10.1 Å². The monoisotopic (exact) mass is 224 g/mol. The molecule has 1 aromatic rings. The molecule has 86 valence electrons. The highest BCUT2D eigenvalue weighted by atomic mass is 16.6. The van der Waals surface area contributed by atoms with E-state index in [0.717, 1.165) is 0 Å². The molecule has 6 nitrogen and oxygen atoms in total. The summed E-state index contributed by atoms with van der Waals surface area (Å²) in [5.41, 5.74) is 0.607. The number of rotatable bonds is 2. The summed E-state index contributed by atoms with van der Waals surface area (Å²) >= 11 is 0. The van der Waals surface area contributed by atoms with Gasteiger partial charge in [0, 0.05) is 12.1 Å². The van der Waals surface area contributed by atoms with E-state index < -0.39 is 4.92 Å². The Labute approximate surface area is 92.0 Å². The second-order valence-corrected chi connectivity index (χ2v) is 3.71. The SMILES string of the molecule is C[C@@H]1Nc2cc([N+](=O)[O-])ccc2OC1CO. The third-order valence-corrected chi connectivity index (χ3v) is 2.57. The topological polar surface area (TPSA) is 84.6 Å². The van der Waals surface area contributed by atoms with Crippen LogP contribution in [0.5, 0.6) is 5.75 Å². The Morgan fingerprint density at radius 2 is 2.38 bits per heavy atom. The van der Waals surface area contributed by atoms with Crippen LogP contribution < -0.4 is 10.1 Å². The van der Waals surface area contributed by atoms with E-state index >= 15 is 0 Å². The first-order valence-electron chi connectivity index (χ1n) is 4.94. The smallest absolute Gasteiger partial charge is 0.271 e. The van der Waals surface area contributed by atoms with Gasteiger partial charge in [0.1, 0.15) is 11.9 Å². The molecule has 0 saturated carbocycles. The normalized spacial score (nSPS) is 22.9. The van der Waals surface area contributed by atoms with E-state index in [0.29, 0.717) is 11.4 Å². The maximum absolute atomic E-state index is 10.6. The largest absolute Gasteiger partial charge is 0.484 e. The summed E-state index contributed by atoms with van der Waals surface area (Å²) in [6.45, 7) is 1.76. The number of nitro groups is 1. The lowest BCUT2D eigenvalue weighted by Gasteiger charge is -2.31. The van der Waals surface area contributed by atoms with Crippen molar-refractivity contribution in [1.29, 1.82) is 0 Å². The molecule has 2 N–H and O–H groups in total. The lowest BCUT2D eigenvalue weighted by molar-refractivity contribution is -0.384. The molecule has 0 saturated heterocycles. The van der Waals surface area contributed by atoms with Crippen LogP contribution >= 0.6 is 0 Å². The Balaban J connectivity index is 2.32. The minimum atomic E-state index is -0.454. The maximum Gasteiger partial charge on any atom is 0.271 e. The minimum Gasteiger partial charge on any atom is -0.484 e. The molecule has 1 unspecified atom stereocenters. The second-order valence-electron chi connectivity index (χ2n) is 3.71. The van der Waals surface area contributed by atoms with Gasteiger partial charge in [0.15, 0.2) is 0 Å². The van der Waals surface area contributed by atoms with Crippen LogP contribution in [0.3, 0.4) is 0 Å². The summed E-state index contributed by atoms with van der Waals surface area (Å²) in [5.74, 6) is 0.530. The number of benzene rings is 1. The van der Waals surface area contributed by atoms with Gasteiger partial charge in [-0.25, -0.2) is 0 Å². The van der Waals surface area contributed by atoms with Crippen LogP contribution in [0.1, 0.15) is 6.92 Å². The van der Waals surface area contributed by atoms with Gasteiger partial charge in [-0.1, -0.05) is 0 Å². The van der Waals surface area contributed by atoms with Gasteiger partial charge in [-0.15, -0.1) is 0 Å². The van der Waals surface area contributed by atoms with Gasteiger partial charge < -0.3 is 15.2 Å². The number of nitrogens with one attached hydrogen (secondary N) is 1. The zero-order valence-corrected chi connectivity index (χ0v) is 8.71. The van der Waals surface area contributed by atoms with Gasteiger partial charge >= 0.3 is 0 Å². The number of nitrogens with zero attached hydrogens (tertiary/aromatic N) is 1. The Morgan fingerprint density at radius 1 is 1.62 bits per heavy atom. The van der Waals surface area contributed by atoms with E-state index in [2.05, 4.69) is 5.32 Å². The number of non-ortho nitro benzene ring substituents is 1. The number of anilines is 1. The molecule has 1 aliphatic heterocycles. The second kappa shape index (κ2) is 3.97. The number of aliphatic hydroxyl groups excluding tert-OH is 1. The van der Waals surface area contributed by atoms with Crippen molar-refractivity contribution in [1.82, 2.24) is 0 Å². The Hall–Kier alpha value is -1.82. The van der Waals surface area contributed by atoms with Gasteiger partial charge in [-0.2, -0.15) is 0 Å². The van der Waals surface area contributed by atoms with Crippen molar-refractivity contribution in [2.45, 2.75) is 19.1 Å². The average molecular weight is 224 g/mol. The molecule has 1 aromatic carbocycles. The summed E-state index contributed by atoms with van der Waals surface area (Å²) in [6.07, 6.45) is -0.325. The summed E-state index contributed by atoms with van der Waals surface area (Å²) in [7, 11) is 0. The maximum atomic E-state index is 10.6. The summed E-state index contributed by atoms with van der Waals surface area (Å²) in [5, 5.41) is 22.7. The zero-order valence-electron chi connectivity index (χ0n) is 8.71. The third kappa shape index (κ3) is 1.79. The molecule has 1 aliphatic rings. The van der Waals surface area contributed by atoms with Crippen molar-refractivity contribution in [2.75, 3.05) is 11.9 Å². The fraction of sp³-hybridized carbons (Fsp3) is 0.400. The van der Waals surface area contributed by atoms with Gasteiger partial charge in [0.2, 0.25) is 0 Å². The molecule has 0 aliphatic carbocycles. The fourth-order valence-corrected chi connectivity index (χ4v) is 1.65. The molecule has 0 fully saturated rings. The van der Waals surface area contributed by atoms with E-state index in [4.69, 9.17) is 9.84 Å². The molecule has 6 heteroatoms. The Bertz CT molecular complexity index is 421. The third-order valence-electron chi connectivity index (χ3n) is 2.57. The minimum absolute atomic E-state index is 0.0181. The molecule has 2 atom stereocenters. The summed E-state index contributed by atoms with van der Waals surface area (Å²) < 4.78 is 5.49. The van der Waals surface area contributed by atoms with Gasteiger partial charge in [-0.3, -0.25) is 10.1 Å². The molecule has 0 amide bonds. The highest BCUT2D eigenvalue weighted by Gasteiger charge is 2.26. The molecule has 1 heterocycles. The fourth-order valence-electron chi connectivity index (χ4n) is 1.65. The zero-order chi connectivity index (χ0) is 11.7. The predicted octanol–water partition coefficient (Wildman–Crippen LogP) is 1.15. The number of nitro benzene ring substituents is 1. The quantitative estimate of drug-likeness (QED) is 0.581. The van der Waals surface area contributed by atoms with Crippen LogP contribution in [-0.4, -0.2) is 28.8 Å². The lowest BCUT2D eigenvalue weighted by Crippen LogP contribution is -2.41. The van der Waals surface area contributed by atoms with E-state index in [1.807, 2.05) is 6.92 Å². The molecular formula is C10H12N2O4. The van der Waals surface area contributed by atoms with Crippen LogP contribution in [0.15, 0.2) is 18.2 Å². The molecule has 0 bridgehead atoms. The first-order valence-corrected chi connectivity index (χ1v) is 4.94. The Morgan fingerprint density at radius 3 is 3.00 bits per heavy atom. The van der Waals surface area contributed by atoms with Crippen LogP contribution in [0.25, 0.3) is 0 Å². The van der Waals surface area contributed by atoms with Gasteiger partial charge in [0.05, 0.1) is 23.3 Å². The highest BCUT2D eigenvalue weighted by molar-refractivity contribution is 5.63. The molecule has 0 aromatic heterocycles. The van der Waals surface area contributed by atoms with Crippen molar-refractivity contribution in [3.05, 3.63) is 28.3 Å². The van der Waals surface area contributed by atoms with Crippen LogP contribution in [0.4, 0.5) is 11.4 Å². The molecule has 0 radical (unpaired) electrons. The molecule has 2 rings (SSSR count). The molecule has 0 spiro atoms. The number of ether oxygens (including phenoxy) is 1. The van der Waals surface area contributed by atoms with Crippen molar-refractivity contribution < 1.29 is 14.8 Å². The van der Waals surface area contributed by atoms with Gasteiger partial charge in [0.25, 0.3) is 5.69 Å². The first kappa shape index (κ1) is 10.7. The van der Waals surface area contributed by atoms with Crippen molar-refractivity contribution in [3.63, 3.8) is 0 Å². The van der Waals surface area contributed by atoms with Crippen molar-refractivity contribution in [3.8, 4) is 5.75 Å². The number of hydrogen-bond donors (Lipinski definition) is 2. The number of aliphatic hydroxyl groups is 1. The summed E-state index contributed by atoms with van der Waals surface area (Å²) in [6, 6.07) is 4.26. The molecular weight excluding hydrogens is 212 g/mol. The average Bonchev–Trinajstić information content (AvgIpc) is 2.27. The van der Waals surface area contributed by atoms with E-state index in [-0.39, 0.29) is 24.4 Å². The van der Waals surface area contributed by atoms with E-state index in [1.54, 1.807) is 0 Å². The highest BCUT2D eigenvalue weighted by Crippen LogP contribution is 2.34. The standard InChI is InChI=1S/C10H12N2O4/c1-6-10(5-13)16-9-3-2-7(12(14)15)4-8(9)11-6/h2-4,6,10-11,13H,5H2,1H3/t6-,10?/m0/s1. The van der Waals surface area contributed by atoms with E-state index in [1.165, 1.54) is 18.2 Å².